The second kappa shape index (κ2) is 5.39. The lowest BCUT2D eigenvalue weighted by Crippen LogP contribution is -2.37. The van der Waals surface area contributed by atoms with Gasteiger partial charge in [0.1, 0.15) is 11.5 Å². The van der Waals surface area contributed by atoms with E-state index in [1.807, 2.05) is 18.2 Å². The highest BCUT2D eigenvalue weighted by molar-refractivity contribution is 5.40. The van der Waals surface area contributed by atoms with Crippen molar-refractivity contribution in [1.82, 2.24) is 5.32 Å². The van der Waals surface area contributed by atoms with Crippen LogP contribution in [-0.2, 0) is 11.3 Å². The Balaban J connectivity index is 1.65. The smallest absolute Gasteiger partial charge is 0.123 e. The Morgan fingerprint density at radius 1 is 1.26 bits per heavy atom. The maximum Gasteiger partial charge on any atom is 0.123 e. The van der Waals surface area contributed by atoms with E-state index >= 15 is 0 Å². The first-order chi connectivity index (χ1) is 9.30. The highest BCUT2D eigenvalue weighted by atomic mass is 16.5. The minimum Gasteiger partial charge on any atom is -0.497 e. The second-order valence-electron chi connectivity index (χ2n) is 5.27. The quantitative estimate of drug-likeness (QED) is 0.883. The summed E-state index contributed by atoms with van der Waals surface area (Å²) < 4.78 is 16.5. The van der Waals surface area contributed by atoms with Crippen molar-refractivity contribution in [2.24, 2.45) is 0 Å². The number of hydrogen-bond donors (Lipinski definition) is 1. The van der Waals surface area contributed by atoms with E-state index in [1.54, 1.807) is 14.2 Å². The topological polar surface area (TPSA) is 39.7 Å². The van der Waals surface area contributed by atoms with Crippen LogP contribution in [0.4, 0.5) is 0 Å². The van der Waals surface area contributed by atoms with Gasteiger partial charge in [-0.2, -0.15) is 0 Å². The van der Waals surface area contributed by atoms with Crippen LogP contribution in [0.2, 0.25) is 0 Å². The summed E-state index contributed by atoms with van der Waals surface area (Å²) in [6.45, 7) is 0.789. The summed E-state index contributed by atoms with van der Waals surface area (Å²) in [4.78, 5) is 0. The fourth-order valence-corrected chi connectivity index (χ4v) is 3.11. The molecule has 1 aromatic carbocycles. The van der Waals surface area contributed by atoms with Gasteiger partial charge in [-0.15, -0.1) is 0 Å². The van der Waals surface area contributed by atoms with Gasteiger partial charge in [-0.1, -0.05) is 0 Å². The van der Waals surface area contributed by atoms with Crippen molar-refractivity contribution in [1.29, 1.82) is 0 Å². The van der Waals surface area contributed by atoms with Gasteiger partial charge >= 0.3 is 0 Å². The van der Waals surface area contributed by atoms with Crippen molar-refractivity contribution in [3.63, 3.8) is 0 Å². The van der Waals surface area contributed by atoms with E-state index in [2.05, 4.69) is 5.32 Å². The van der Waals surface area contributed by atoms with Gasteiger partial charge in [0.2, 0.25) is 0 Å². The van der Waals surface area contributed by atoms with Gasteiger partial charge in [-0.05, 0) is 37.5 Å². The number of benzene rings is 1. The highest BCUT2D eigenvalue weighted by Gasteiger charge is 2.40. The van der Waals surface area contributed by atoms with Crippen LogP contribution in [0.5, 0.6) is 11.5 Å². The lowest BCUT2D eigenvalue weighted by molar-refractivity contribution is 0.0972. The summed E-state index contributed by atoms with van der Waals surface area (Å²) in [5, 5.41) is 3.59. The Bertz CT molecular complexity index is 449. The molecule has 104 valence electrons. The monoisotopic (exact) mass is 263 g/mol. The standard InChI is InChI=1S/C15H21NO3/c1-17-11-3-5-14(18-2)10(7-11)9-16-13-8-12-4-6-15(13)19-12/h3,5,7,12-13,15-16H,4,6,8-9H2,1-2H3. The van der Waals surface area contributed by atoms with Crippen LogP contribution in [0.15, 0.2) is 18.2 Å². The van der Waals surface area contributed by atoms with Crippen LogP contribution in [0, 0.1) is 0 Å². The zero-order valence-electron chi connectivity index (χ0n) is 11.5. The van der Waals surface area contributed by atoms with E-state index in [4.69, 9.17) is 14.2 Å². The van der Waals surface area contributed by atoms with Gasteiger partial charge < -0.3 is 19.5 Å². The van der Waals surface area contributed by atoms with Gasteiger partial charge in [0.25, 0.3) is 0 Å². The Morgan fingerprint density at radius 2 is 2.16 bits per heavy atom. The third kappa shape index (κ3) is 2.55. The van der Waals surface area contributed by atoms with Crippen molar-refractivity contribution in [2.75, 3.05) is 14.2 Å². The van der Waals surface area contributed by atoms with E-state index in [1.165, 1.54) is 12.8 Å². The molecule has 2 heterocycles. The first-order valence-corrected chi connectivity index (χ1v) is 6.90. The molecular formula is C15H21NO3. The van der Waals surface area contributed by atoms with Gasteiger partial charge in [0, 0.05) is 18.2 Å². The molecule has 0 amide bonds. The number of nitrogens with one attached hydrogen (secondary N) is 1. The van der Waals surface area contributed by atoms with Gasteiger partial charge in [-0.3, -0.25) is 0 Å². The number of methoxy groups -OCH3 is 2. The maximum atomic E-state index is 5.86. The molecule has 2 fully saturated rings. The molecule has 3 rings (SSSR count). The van der Waals surface area contributed by atoms with Crippen molar-refractivity contribution in [3.05, 3.63) is 23.8 Å². The van der Waals surface area contributed by atoms with Crippen LogP contribution in [0.3, 0.4) is 0 Å². The minimum absolute atomic E-state index is 0.404. The first kappa shape index (κ1) is 12.8. The van der Waals surface area contributed by atoms with Crippen LogP contribution >= 0.6 is 0 Å². The molecule has 2 saturated heterocycles. The molecular weight excluding hydrogens is 242 g/mol. The second-order valence-corrected chi connectivity index (χ2v) is 5.27. The van der Waals surface area contributed by atoms with Crippen molar-refractivity contribution < 1.29 is 14.2 Å². The number of ether oxygens (including phenoxy) is 3. The normalized spacial score (nSPS) is 28.6. The summed E-state index contributed by atoms with van der Waals surface area (Å²) in [5.41, 5.74) is 1.13. The van der Waals surface area contributed by atoms with Crippen LogP contribution in [-0.4, -0.2) is 32.5 Å². The SMILES string of the molecule is COc1ccc(OC)c(CNC2CC3CCC2O3)c1. The largest absolute Gasteiger partial charge is 0.497 e. The predicted molar refractivity (Wildman–Crippen MR) is 72.7 cm³/mol. The Labute approximate surface area is 114 Å². The molecule has 4 heteroatoms. The molecule has 0 aliphatic carbocycles. The molecule has 0 spiro atoms. The van der Waals surface area contributed by atoms with Gasteiger partial charge in [-0.25, -0.2) is 0 Å². The summed E-state index contributed by atoms with van der Waals surface area (Å²) >= 11 is 0. The van der Waals surface area contributed by atoms with E-state index in [-0.39, 0.29) is 0 Å². The van der Waals surface area contributed by atoms with Crippen molar-refractivity contribution >= 4 is 0 Å². The lowest BCUT2D eigenvalue weighted by Gasteiger charge is -2.21. The number of hydrogen-bond acceptors (Lipinski definition) is 4. The van der Waals surface area contributed by atoms with E-state index < -0.39 is 0 Å². The highest BCUT2D eigenvalue weighted by Crippen LogP contribution is 2.34. The minimum atomic E-state index is 0.404. The van der Waals surface area contributed by atoms with E-state index in [9.17, 15) is 0 Å². The summed E-state index contributed by atoms with van der Waals surface area (Å²) in [5.74, 6) is 1.76. The van der Waals surface area contributed by atoms with Crippen LogP contribution in [0.1, 0.15) is 24.8 Å². The maximum absolute atomic E-state index is 5.86. The third-order valence-corrected chi connectivity index (χ3v) is 4.15. The van der Waals surface area contributed by atoms with Gasteiger partial charge in [0.15, 0.2) is 0 Å². The fraction of sp³-hybridized carbons (Fsp3) is 0.600. The molecule has 2 aliphatic heterocycles. The molecule has 1 N–H and O–H groups in total. The van der Waals surface area contributed by atoms with Crippen LogP contribution < -0.4 is 14.8 Å². The average Bonchev–Trinajstić information content (AvgIpc) is 3.07. The van der Waals surface area contributed by atoms with E-state index in [0.717, 1.165) is 30.0 Å². The Kier molecular flexibility index (Phi) is 3.62. The molecule has 1 aromatic rings. The average molecular weight is 263 g/mol. The molecule has 0 radical (unpaired) electrons. The third-order valence-electron chi connectivity index (χ3n) is 4.15. The van der Waals surface area contributed by atoms with Crippen LogP contribution in [0.25, 0.3) is 0 Å². The molecule has 19 heavy (non-hydrogen) atoms. The molecule has 2 aliphatic rings. The van der Waals surface area contributed by atoms with E-state index in [0.29, 0.717) is 18.2 Å². The molecule has 0 aromatic heterocycles. The molecule has 2 bridgehead atoms. The van der Waals surface area contributed by atoms with Crippen molar-refractivity contribution in [3.8, 4) is 11.5 Å². The molecule has 4 nitrogen and oxygen atoms in total. The fourth-order valence-electron chi connectivity index (χ4n) is 3.11. The Morgan fingerprint density at radius 3 is 2.79 bits per heavy atom. The number of fused-ring (bicyclic) bond motifs is 2. The lowest BCUT2D eigenvalue weighted by atomic mass is 9.95. The zero-order valence-corrected chi connectivity index (χ0v) is 11.5. The molecule has 3 unspecified atom stereocenters. The Hall–Kier alpha value is -1.26. The summed E-state index contributed by atoms with van der Waals surface area (Å²) in [6, 6.07) is 6.38. The summed E-state index contributed by atoms with van der Waals surface area (Å²) in [6.07, 6.45) is 4.44. The predicted octanol–water partition coefficient (Wildman–Crippen LogP) is 2.11. The molecule has 0 saturated carbocycles. The number of rotatable bonds is 5. The molecule has 3 atom stereocenters. The van der Waals surface area contributed by atoms with Gasteiger partial charge in [0.05, 0.1) is 26.4 Å². The zero-order chi connectivity index (χ0) is 13.2. The van der Waals surface area contributed by atoms with Crippen molar-refractivity contribution in [2.45, 2.75) is 44.1 Å². The first-order valence-electron chi connectivity index (χ1n) is 6.90. The summed E-state index contributed by atoms with van der Waals surface area (Å²) in [7, 11) is 3.38.